The lowest BCUT2D eigenvalue weighted by molar-refractivity contribution is -0.137. The fourth-order valence-corrected chi connectivity index (χ4v) is 5.36. The van der Waals surface area contributed by atoms with E-state index in [9.17, 15) is 23.1 Å². The number of amides is 1. The highest BCUT2D eigenvalue weighted by atomic mass is 32.2. The zero-order chi connectivity index (χ0) is 22.6. The van der Waals surface area contributed by atoms with Crippen molar-refractivity contribution in [1.29, 1.82) is 0 Å². The van der Waals surface area contributed by atoms with Gasteiger partial charge in [-0.15, -0.1) is 0 Å². The molecule has 1 aliphatic rings. The number of carbonyl (C=O) groups is 2. The van der Waals surface area contributed by atoms with Gasteiger partial charge in [0.25, 0.3) is 5.91 Å². The van der Waals surface area contributed by atoms with E-state index in [1.807, 2.05) is 26.0 Å². The normalized spacial score (nSPS) is 18.3. The van der Waals surface area contributed by atoms with Gasteiger partial charge < -0.3 is 10.4 Å². The van der Waals surface area contributed by atoms with Crippen LogP contribution in [0.3, 0.4) is 0 Å². The number of carboxylic acids is 1. The monoisotopic (exact) mass is 444 g/mol. The molecule has 2 aromatic carbocycles. The molecule has 0 aliphatic carbocycles. The number of aliphatic carboxylic acids is 1. The van der Waals surface area contributed by atoms with Gasteiger partial charge in [-0.05, 0) is 55.5 Å². The van der Waals surface area contributed by atoms with E-state index in [4.69, 9.17) is 0 Å². The SMILES string of the molecule is Cc1ccc([C@@H](CC(=O)O)NC(=O)c2ccc(S(=O)(=O)N3CCC[C@H](C)C3)cc2)cc1. The van der Waals surface area contributed by atoms with Crippen molar-refractivity contribution in [3.8, 4) is 0 Å². The molecule has 0 radical (unpaired) electrons. The van der Waals surface area contributed by atoms with Crippen molar-refractivity contribution in [1.82, 2.24) is 9.62 Å². The molecule has 2 aromatic rings. The fraction of sp³-hybridized carbons (Fsp3) is 0.391. The van der Waals surface area contributed by atoms with Gasteiger partial charge in [0.1, 0.15) is 0 Å². The third kappa shape index (κ3) is 5.71. The van der Waals surface area contributed by atoms with Crippen LogP contribution in [0.15, 0.2) is 53.4 Å². The zero-order valence-electron chi connectivity index (χ0n) is 17.7. The number of rotatable bonds is 7. The third-order valence-electron chi connectivity index (χ3n) is 5.54. The lowest BCUT2D eigenvalue weighted by Gasteiger charge is -2.30. The Kier molecular flexibility index (Phi) is 7.12. The van der Waals surface area contributed by atoms with Gasteiger partial charge in [0.15, 0.2) is 0 Å². The van der Waals surface area contributed by atoms with Crippen LogP contribution in [0.2, 0.25) is 0 Å². The number of carboxylic acid groups (broad SMARTS) is 1. The Morgan fingerprint density at radius 2 is 1.77 bits per heavy atom. The summed E-state index contributed by atoms with van der Waals surface area (Å²) in [7, 11) is -3.60. The van der Waals surface area contributed by atoms with E-state index in [0.717, 1.165) is 18.4 Å². The van der Waals surface area contributed by atoms with E-state index < -0.39 is 27.9 Å². The summed E-state index contributed by atoms with van der Waals surface area (Å²) in [5.41, 5.74) is 2.00. The van der Waals surface area contributed by atoms with E-state index in [-0.39, 0.29) is 16.9 Å². The fourth-order valence-electron chi connectivity index (χ4n) is 3.76. The lowest BCUT2D eigenvalue weighted by Crippen LogP contribution is -2.39. The average Bonchev–Trinajstić information content (AvgIpc) is 2.73. The van der Waals surface area contributed by atoms with E-state index in [1.165, 1.54) is 28.6 Å². The number of nitrogens with one attached hydrogen (secondary N) is 1. The Bertz CT molecular complexity index is 1030. The Morgan fingerprint density at radius 1 is 1.13 bits per heavy atom. The van der Waals surface area contributed by atoms with Crippen LogP contribution in [0.1, 0.15) is 53.7 Å². The lowest BCUT2D eigenvalue weighted by atomic mass is 10.0. The predicted octanol–water partition coefficient (Wildman–Crippen LogP) is 3.36. The molecule has 1 aliphatic heterocycles. The molecule has 2 atom stereocenters. The number of carbonyl (C=O) groups excluding carboxylic acids is 1. The van der Waals surface area contributed by atoms with Crippen LogP contribution in [-0.2, 0) is 14.8 Å². The van der Waals surface area contributed by atoms with E-state index >= 15 is 0 Å². The van der Waals surface area contributed by atoms with E-state index in [0.29, 0.717) is 24.6 Å². The molecule has 0 spiro atoms. The van der Waals surface area contributed by atoms with Crippen LogP contribution in [0.4, 0.5) is 0 Å². The number of aryl methyl sites for hydroxylation is 1. The van der Waals surface area contributed by atoms with Gasteiger partial charge in [0.05, 0.1) is 17.4 Å². The first-order chi connectivity index (χ1) is 14.7. The highest BCUT2D eigenvalue weighted by Crippen LogP contribution is 2.24. The molecule has 0 aromatic heterocycles. The molecule has 3 rings (SSSR count). The van der Waals surface area contributed by atoms with Crippen molar-refractivity contribution in [3.05, 3.63) is 65.2 Å². The Labute approximate surface area is 183 Å². The van der Waals surface area contributed by atoms with Crippen LogP contribution < -0.4 is 5.32 Å². The van der Waals surface area contributed by atoms with Crippen molar-refractivity contribution in [2.45, 2.75) is 44.0 Å². The van der Waals surface area contributed by atoms with Gasteiger partial charge in [-0.25, -0.2) is 8.42 Å². The van der Waals surface area contributed by atoms with E-state index in [1.54, 1.807) is 12.1 Å². The molecule has 8 heteroatoms. The number of sulfonamides is 1. The largest absolute Gasteiger partial charge is 0.481 e. The molecule has 7 nitrogen and oxygen atoms in total. The van der Waals surface area contributed by atoms with Gasteiger partial charge in [-0.3, -0.25) is 9.59 Å². The molecule has 0 saturated carbocycles. The standard InChI is InChI=1S/C23H28N2O5S/c1-16-5-7-18(8-6-16)21(14-22(26)27)24-23(28)19-9-11-20(12-10-19)31(29,30)25-13-3-4-17(2)15-25/h5-12,17,21H,3-4,13-15H2,1-2H3,(H,24,28)(H,26,27)/t17-,21+/m0/s1. The Balaban J connectivity index is 1.75. The molecule has 0 unspecified atom stereocenters. The summed E-state index contributed by atoms with van der Waals surface area (Å²) in [4.78, 5) is 24.1. The molecule has 2 N–H and O–H groups in total. The van der Waals surface area contributed by atoms with Gasteiger partial charge in [-0.1, -0.05) is 36.8 Å². The summed E-state index contributed by atoms with van der Waals surface area (Å²) in [6, 6.07) is 12.4. The molecule has 0 bridgehead atoms. The van der Waals surface area contributed by atoms with Gasteiger partial charge in [0, 0.05) is 18.7 Å². The minimum Gasteiger partial charge on any atom is -0.481 e. The first-order valence-electron chi connectivity index (χ1n) is 10.4. The first kappa shape index (κ1) is 23.0. The molecular weight excluding hydrogens is 416 g/mol. The van der Waals surface area contributed by atoms with Crippen molar-refractivity contribution in [3.63, 3.8) is 0 Å². The maximum absolute atomic E-state index is 12.9. The molecular formula is C23H28N2O5S. The van der Waals surface area contributed by atoms with Crippen LogP contribution >= 0.6 is 0 Å². The highest BCUT2D eigenvalue weighted by molar-refractivity contribution is 7.89. The molecule has 1 saturated heterocycles. The minimum absolute atomic E-state index is 0.152. The molecule has 1 amide bonds. The Morgan fingerprint density at radius 3 is 2.35 bits per heavy atom. The molecule has 1 fully saturated rings. The summed E-state index contributed by atoms with van der Waals surface area (Å²) in [6.07, 6.45) is 1.60. The molecule has 31 heavy (non-hydrogen) atoms. The number of hydrogen-bond acceptors (Lipinski definition) is 4. The van der Waals surface area contributed by atoms with Crippen LogP contribution in [0, 0.1) is 12.8 Å². The summed E-state index contributed by atoms with van der Waals surface area (Å²) in [6.45, 7) is 4.96. The van der Waals surface area contributed by atoms with Crippen molar-refractivity contribution < 1.29 is 23.1 Å². The number of piperidine rings is 1. The summed E-state index contributed by atoms with van der Waals surface area (Å²) >= 11 is 0. The van der Waals surface area contributed by atoms with Gasteiger partial charge in [-0.2, -0.15) is 4.31 Å². The Hall–Kier alpha value is -2.71. The van der Waals surface area contributed by atoms with Crippen molar-refractivity contribution >= 4 is 21.9 Å². The average molecular weight is 445 g/mol. The molecule has 166 valence electrons. The highest BCUT2D eigenvalue weighted by Gasteiger charge is 2.28. The number of benzene rings is 2. The van der Waals surface area contributed by atoms with Crippen molar-refractivity contribution in [2.24, 2.45) is 5.92 Å². The van der Waals surface area contributed by atoms with Gasteiger partial charge >= 0.3 is 5.97 Å². The number of nitrogens with zero attached hydrogens (tertiary/aromatic N) is 1. The topological polar surface area (TPSA) is 104 Å². The summed E-state index contributed by atoms with van der Waals surface area (Å²) in [5.74, 6) is -1.16. The smallest absolute Gasteiger partial charge is 0.305 e. The first-order valence-corrected chi connectivity index (χ1v) is 11.8. The van der Waals surface area contributed by atoms with Crippen LogP contribution in [-0.4, -0.2) is 42.8 Å². The van der Waals surface area contributed by atoms with Crippen LogP contribution in [0.5, 0.6) is 0 Å². The quantitative estimate of drug-likeness (QED) is 0.682. The second kappa shape index (κ2) is 9.62. The van der Waals surface area contributed by atoms with Gasteiger partial charge in [0.2, 0.25) is 10.0 Å². The summed E-state index contributed by atoms with van der Waals surface area (Å²) in [5, 5.41) is 12.0. The number of hydrogen-bond donors (Lipinski definition) is 2. The maximum Gasteiger partial charge on any atom is 0.305 e. The second-order valence-electron chi connectivity index (χ2n) is 8.17. The van der Waals surface area contributed by atoms with Crippen molar-refractivity contribution in [2.75, 3.05) is 13.1 Å². The predicted molar refractivity (Wildman–Crippen MR) is 117 cm³/mol. The third-order valence-corrected chi connectivity index (χ3v) is 7.42. The summed E-state index contributed by atoms with van der Waals surface area (Å²) < 4.78 is 27.3. The zero-order valence-corrected chi connectivity index (χ0v) is 18.6. The second-order valence-corrected chi connectivity index (χ2v) is 10.1. The minimum atomic E-state index is -3.60. The van der Waals surface area contributed by atoms with Crippen LogP contribution in [0.25, 0.3) is 0 Å². The van der Waals surface area contributed by atoms with E-state index in [2.05, 4.69) is 5.32 Å². The molecule has 1 heterocycles. The maximum atomic E-state index is 12.9.